The van der Waals surface area contributed by atoms with Crippen molar-refractivity contribution in [2.24, 2.45) is 0 Å². The van der Waals surface area contributed by atoms with Crippen LogP contribution in [0.25, 0.3) is 0 Å². The Bertz CT molecular complexity index is 502. The molecule has 0 atom stereocenters. The van der Waals surface area contributed by atoms with Gasteiger partial charge in [0.15, 0.2) is 6.61 Å². The largest absolute Gasteiger partial charge is 0.482 e. The molecule has 1 heterocycles. The van der Waals surface area contributed by atoms with E-state index in [1.165, 1.54) is 0 Å². The average Bonchev–Trinajstić information content (AvgIpc) is 2.46. The van der Waals surface area contributed by atoms with Gasteiger partial charge in [-0.1, -0.05) is 23.2 Å². The lowest BCUT2D eigenvalue weighted by Crippen LogP contribution is -2.45. The molecule has 0 spiro atoms. The smallest absolute Gasteiger partial charge is 0.260 e. The molecule has 1 amide bonds. The highest BCUT2D eigenvalue weighted by atomic mass is 35.5. The van der Waals surface area contributed by atoms with Gasteiger partial charge in [-0.2, -0.15) is 0 Å². The highest BCUT2D eigenvalue weighted by Gasteiger charge is 2.24. The molecule has 0 N–H and O–H groups in total. The van der Waals surface area contributed by atoms with Gasteiger partial charge in [0.1, 0.15) is 5.75 Å². The number of ether oxygens (including phenoxy) is 1. The predicted octanol–water partition coefficient (Wildman–Crippen LogP) is 2.92. The van der Waals surface area contributed by atoms with Crippen molar-refractivity contribution < 1.29 is 9.53 Å². The summed E-state index contributed by atoms with van der Waals surface area (Å²) in [5, 5.41) is 0.958. The van der Waals surface area contributed by atoms with Crippen molar-refractivity contribution in [2.75, 3.05) is 33.8 Å². The van der Waals surface area contributed by atoms with Crippen LogP contribution in [0.15, 0.2) is 18.2 Å². The Kier molecular flexibility index (Phi) is 5.73. The molecule has 0 aromatic heterocycles. The lowest BCUT2D eigenvalue weighted by molar-refractivity contribution is -0.134. The SMILES string of the molecule is CN1CCC(N(C)C(=O)COc2ccc(Cl)cc2Cl)CC1. The molecule has 21 heavy (non-hydrogen) atoms. The molecule has 4 nitrogen and oxygen atoms in total. The lowest BCUT2D eigenvalue weighted by Gasteiger charge is -2.35. The van der Waals surface area contributed by atoms with Crippen molar-refractivity contribution in [3.63, 3.8) is 0 Å². The van der Waals surface area contributed by atoms with E-state index in [2.05, 4.69) is 11.9 Å². The van der Waals surface area contributed by atoms with Gasteiger partial charge < -0.3 is 14.5 Å². The maximum absolute atomic E-state index is 12.2. The molecular formula is C15H20Cl2N2O2. The fourth-order valence-corrected chi connectivity index (χ4v) is 2.88. The van der Waals surface area contributed by atoms with Crippen molar-refractivity contribution in [3.8, 4) is 5.75 Å². The third-order valence-corrected chi connectivity index (χ3v) is 4.40. The van der Waals surface area contributed by atoms with E-state index < -0.39 is 0 Å². The van der Waals surface area contributed by atoms with Crippen LogP contribution in [0.1, 0.15) is 12.8 Å². The summed E-state index contributed by atoms with van der Waals surface area (Å²) in [5.74, 6) is 0.446. The zero-order valence-electron chi connectivity index (χ0n) is 12.3. The first kappa shape index (κ1) is 16.4. The molecule has 0 aliphatic carbocycles. The summed E-state index contributed by atoms with van der Waals surface area (Å²) in [5.41, 5.74) is 0. The number of likely N-dealkylation sites (tertiary alicyclic amines) is 1. The minimum absolute atomic E-state index is 0.00973. The van der Waals surface area contributed by atoms with Crippen LogP contribution in [0.5, 0.6) is 5.75 Å². The van der Waals surface area contributed by atoms with Crippen LogP contribution in [0, 0.1) is 0 Å². The second-order valence-electron chi connectivity index (χ2n) is 5.40. The summed E-state index contributed by atoms with van der Waals surface area (Å²) in [4.78, 5) is 16.3. The molecule has 1 fully saturated rings. The van der Waals surface area contributed by atoms with E-state index >= 15 is 0 Å². The van der Waals surface area contributed by atoms with Gasteiger partial charge in [-0.15, -0.1) is 0 Å². The zero-order valence-corrected chi connectivity index (χ0v) is 13.8. The van der Waals surface area contributed by atoms with Gasteiger partial charge in [-0.05, 0) is 51.2 Å². The number of halogens is 2. The van der Waals surface area contributed by atoms with Crippen molar-refractivity contribution in [1.82, 2.24) is 9.80 Å². The van der Waals surface area contributed by atoms with E-state index in [4.69, 9.17) is 27.9 Å². The highest BCUT2D eigenvalue weighted by Crippen LogP contribution is 2.27. The van der Waals surface area contributed by atoms with Crippen LogP contribution in [0.3, 0.4) is 0 Å². The van der Waals surface area contributed by atoms with Crippen molar-refractivity contribution >= 4 is 29.1 Å². The van der Waals surface area contributed by atoms with Crippen molar-refractivity contribution in [2.45, 2.75) is 18.9 Å². The van der Waals surface area contributed by atoms with Gasteiger partial charge in [0, 0.05) is 18.1 Å². The first-order chi connectivity index (χ1) is 9.97. The van der Waals surface area contributed by atoms with Gasteiger partial charge in [-0.25, -0.2) is 0 Å². The number of piperidine rings is 1. The molecule has 2 rings (SSSR count). The molecule has 0 radical (unpaired) electrons. The number of carbonyl (C=O) groups is 1. The number of amides is 1. The molecule has 116 valence electrons. The van der Waals surface area contributed by atoms with E-state index in [9.17, 15) is 4.79 Å². The second kappa shape index (κ2) is 7.34. The molecule has 1 aliphatic heterocycles. The molecule has 0 bridgehead atoms. The summed E-state index contributed by atoms with van der Waals surface area (Å²) < 4.78 is 5.49. The Morgan fingerprint density at radius 2 is 2.05 bits per heavy atom. The third-order valence-electron chi connectivity index (χ3n) is 3.87. The summed E-state index contributed by atoms with van der Waals surface area (Å²) >= 11 is 11.8. The molecule has 1 aromatic rings. The topological polar surface area (TPSA) is 32.8 Å². The maximum Gasteiger partial charge on any atom is 0.260 e. The van der Waals surface area contributed by atoms with Gasteiger partial charge >= 0.3 is 0 Å². The number of rotatable bonds is 4. The van der Waals surface area contributed by atoms with Crippen LogP contribution in [-0.2, 0) is 4.79 Å². The Morgan fingerprint density at radius 1 is 1.38 bits per heavy atom. The zero-order chi connectivity index (χ0) is 15.4. The van der Waals surface area contributed by atoms with Gasteiger partial charge in [0.2, 0.25) is 0 Å². The van der Waals surface area contributed by atoms with E-state index in [1.54, 1.807) is 23.1 Å². The first-order valence-corrected chi connectivity index (χ1v) is 7.75. The summed E-state index contributed by atoms with van der Waals surface area (Å²) in [6, 6.07) is 5.25. The molecular weight excluding hydrogens is 311 g/mol. The molecule has 6 heteroatoms. The monoisotopic (exact) mass is 330 g/mol. The summed E-state index contributed by atoms with van der Waals surface area (Å²) in [6.07, 6.45) is 2.00. The number of likely N-dealkylation sites (N-methyl/N-ethyl adjacent to an activating group) is 1. The maximum atomic E-state index is 12.2. The second-order valence-corrected chi connectivity index (χ2v) is 6.25. The van der Waals surface area contributed by atoms with Gasteiger partial charge in [-0.3, -0.25) is 4.79 Å². The van der Waals surface area contributed by atoms with Crippen molar-refractivity contribution in [1.29, 1.82) is 0 Å². The quantitative estimate of drug-likeness (QED) is 0.850. The van der Waals surface area contributed by atoms with E-state index in [0.717, 1.165) is 25.9 Å². The fraction of sp³-hybridized carbons (Fsp3) is 0.533. The van der Waals surface area contributed by atoms with Crippen LogP contribution in [-0.4, -0.2) is 55.5 Å². The van der Waals surface area contributed by atoms with Crippen LogP contribution >= 0.6 is 23.2 Å². The minimum Gasteiger partial charge on any atom is -0.482 e. The Balaban J connectivity index is 1.86. The summed E-state index contributed by atoms with van der Waals surface area (Å²) in [7, 11) is 3.94. The Hall–Kier alpha value is -0.970. The van der Waals surface area contributed by atoms with Gasteiger partial charge in [0.05, 0.1) is 5.02 Å². The van der Waals surface area contributed by atoms with Crippen LogP contribution in [0.4, 0.5) is 0 Å². The molecule has 0 saturated carbocycles. The first-order valence-electron chi connectivity index (χ1n) is 6.99. The number of hydrogen-bond acceptors (Lipinski definition) is 3. The lowest BCUT2D eigenvalue weighted by atomic mass is 10.0. The third kappa shape index (κ3) is 4.50. The molecule has 0 unspecified atom stereocenters. The average molecular weight is 331 g/mol. The minimum atomic E-state index is -0.0319. The van der Waals surface area contributed by atoms with Crippen LogP contribution in [0.2, 0.25) is 10.0 Å². The molecule has 1 aliphatic rings. The van der Waals surface area contributed by atoms with Gasteiger partial charge in [0.25, 0.3) is 5.91 Å². The molecule has 1 saturated heterocycles. The van der Waals surface area contributed by atoms with Crippen molar-refractivity contribution in [3.05, 3.63) is 28.2 Å². The van der Waals surface area contributed by atoms with E-state index in [-0.39, 0.29) is 18.6 Å². The van der Waals surface area contributed by atoms with E-state index in [0.29, 0.717) is 15.8 Å². The number of nitrogens with zero attached hydrogens (tertiary/aromatic N) is 2. The number of hydrogen-bond donors (Lipinski definition) is 0. The summed E-state index contributed by atoms with van der Waals surface area (Å²) in [6.45, 7) is 2.03. The molecule has 1 aromatic carbocycles. The number of carbonyl (C=O) groups excluding carboxylic acids is 1. The number of benzene rings is 1. The standard InChI is InChI=1S/C15H20Cl2N2O2/c1-18-7-5-12(6-8-18)19(2)15(20)10-21-14-4-3-11(16)9-13(14)17/h3-4,9,12H,5-8,10H2,1-2H3. The van der Waals surface area contributed by atoms with Crippen LogP contribution < -0.4 is 4.74 Å². The normalized spacial score (nSPS) is 16.8. The van der Waals surface area contributed by atoms with E-state index in [1.807, 2.05) is 7.05 Å². The predicted molar refractivity (Wildman–Crippen MR) is 85.2 cm³/mol. The Labute approximate surface area is 135 Å². The Morgan fingerprint density at radius 3 is 2.67 bits per heavy atom. The fourth-order valence-electron chi connectivity index (χ4n) is 2.42. The highest BCUT2D eigenvalue weighted by molar-refractivity contribution is 6.35.